The molecular weight excluding hydrogens is 280 g/mol. The predicted octanol–water partition coefficient (Wildman–Crippen LogP) is 4.38. The summed E-state index contributed by atoms with van der Waals surface area (Å²) in [4.78, 5) is 10.9. The Balaban J connectivity index is 1.79. The van der Waals surface area contributed by atoms with Gasteiger partial charge in [0.15, 0.2) is 6.29 Å². The van der Waals surface area contributed by atoms with E-state index in [2.05, 4.69) is 16.9 Å². The Morgan fingerprint density at radius 3 is 2.64 bits per heavy atom. The number of unbranched alkanes of at least 4 members (excludes halogenated alkanes) is 5. The average molecular weight is 312 g/mol. The summed E-state index contributed by atoms with van der Waals surface area (Å²) in [5.74, 6) is -0.0937. The van der Waals surface area contributed by atoms with Gasteiger partial charge in [-0.25, -0.2) is 0 Å². The third-order valence-corrected chi connectivity index (χ3v) is 3.87. The molecule has 1 atom stereocenters. The van der Waals surface area contributed by atoms with Crippen molar-refractivity contribution < 1.29 is 19.0 Å². The summed E-state index contributed by atoms with van der Waals surface area (Å²) in [6.45, 7) is 1.61. The van der Waals surface area contributed by atoms with Gasteiger partial charge in [0.05, 0.1) is 13.7 Å². The number of allylic oxidation sites excluding steroid dienone is 1. The Bertz CT molecular complexity index is 295. The monoisotopic (exact) mass is 312 g/mol. The molecular formula is C18H32O4. The fourth-order valence-electron chi connectivity index (χ4n) is 2.51. The average Bonchev–Trinajstić information content (AvgIpc) is 2.56. The molecule has 4 heteroatoms. The molecule has 4 nitrogen and oxygen atoms in total. The van der Waals surface area contributed by atoms with Crippen LogP contribution >= 0.6 is 0 Å². The Kier molecular flexibility index (Phi) is 12.0. The molecule has 1 heterocycles. The Hall–Kier alpha value is -0.870. The number of methoxy groups -OCH3 is 1. The Morgan fingerprint density at radius 2 is 1.86 bits per heavy atom. The van der Waals surface area contributed by atoms with Crippen LogP contribution in [0.2, 0.25) is 0 Å². The summed E-state index contributed by atoms with van der Waals surface area (Å²) in [7, 11) is 1.45. The molecule has 1 rings (SSSR count). The molecule has 1 fully saturated rings. The third-order valence-electron chi connectivity index (χ3n) is 3.87. The zero-order valence-corrected chi connectivity index (χ0v) is 14.1. The highest BCUT2D eigenvalue weighted by atomic mass is 16.7. The highest BCUT2D eigenvalue weighted by Gasteiger charge is 2.12. The van der Waals surface area contributed by atoms with Gasteiger partial charge in [0.2, 0.25) is 0 Å². The number of carbonyl (C=O) groups is 1. The summed E-state index contributed by atoms with van der Waals surface area (Å²) in [5, 5.41) is 0. The van der Waals surface area contributed by atoms with Gasteiger partial charge in [-0.3, -0.25) is 4.79 Å². The molecule has 1 aliphatic rings. The van der Waals surface area contributed by atoms with Crippen molar-refractivity contribution in [3.63, 3.8) is 0 Å². The van der Waals surface area contributed by atoms with Crippen LogP contribution in [-0.2, 0) is 19.0 Å². The number of carbonyl (C=O) groups excluding carboxylic acids is 1. The van der Waals surface area contributed by atoms with Crippen LogP contribution in [0.25, 0.3) is 0 Å². The van der Waals surface area contributed by atoms with Crippen molar-refractivity contribution in [3.8, 4) is 0 Å². The largest absolute Gasteiger partial charge is 0.469 e. The Morgan fingerprint density at radius 1 is 1.09 bits per heavy atom. The van der Waals surface area contributed by atoms with Crippen molar-refractivity contribution in [3.05, 3.63) is 12.2 Å². The zero-order valence-electron chi connectivity index (χ0n) is 14.1. The maximum absolute atomic E-state index is 10.9. The van der Waals surface area contributed by atoms with Crippen LogP contribution in [0.15, 0.2) is 12.2 Å². The van der Waals surface area contributed by atoms with Crippen LogP contribution in [0.3, 0.4) is 0 Å². The van der Waals surface area contributed by atoms with Gasteiger partial charge in [-0.2, -0.15) is 0 Å². The van der Waals surface area contributed by atoms with Gasteiger partial charge in [0, 0.05) is 13.0 Å². The van der Waals surface area contributed by atoms with Crippen LogP contribution in [-0.4, -0.2) is 32.6 Å². The van der Waals surface area contributed by atoms with Gasteiger partial charge in [0.25, 0.3) is 0 Å². The van der Waals surface area contributed by atoms with Crippen molar-refractivity contribution in [2.24, 2.45) is 0 Å². The van der Waals surface area contributed by atoms with Crippen LogP contribution in [0.5, 0.6) is 0 Å². The number of ether oxygens (including phenoxy) is 3. The van der Waals surface area contributed by atoms with Gasteiger partial charge in [0.1, 0.15) is 0 Å². The highest BCUT2D eigenvalue weighted by molar-refractivity contribution is 5.68. The van der Waals surface area contributed by atoms with Gasteiger partial charge < -0.3 is 14.2 Å². The predicted molar refractivity (Wildman–Crippen MR) is 87.6 cm³/mol. The smallest absolute Gasteiger partial charge is 0.305 e. The first kappa shape index (κ1) is 19.2. The second-order valence-electron chi connectivity index (χ2n) is 5.81. The van der Waals surface area contributed by atoms with E-state index in [1.165, 1.54) is 39.2 Å². The minimum Gasteiger partial charge on any atom is -0.469 e. The summed E-state index contributed by atoms with van der Waals surface area (Å²) < 4.78 is 15.8. The quantitative estimate of drug-likeness (QED) is 0.305. The Labute approximate surface area is 135 Å². The maximum Gasteiger partial charge on any atom is 0.305 e. The lowest BCUT2D eigenvalue weighted by Gasteiger charge is -2.22. The molecule has 0 aromatic heterocycles. The molecule has 0 bridgehead atoms. The van der Waals surface area contributed by atoms with Crippen molar-refractivity contribution in [1.82, 2.24) is 0 Å². The fourth-order valence-corrected chi connectivity index (χ4v) is 2.51. The number of hydrogen-bond donors (Lipinski definition) is 0. The minimum atomic E-state index is -0.0937. The lowest BCUT2D eigenvalue weighted by atomic mass is 10.1. The van der Waals surface area contributed by atoms with E-state index in [0.717, 1.165) is 45.3 Å². The normalized spacial score (nSPS) is 18.7. The molecule has 0 radical (unpaired) electrons. The molecule has 22 heavy (non-hydrogen) atoms. The van der Waals surface area contributed by atoms with Gasteiger partial charge in [-0.05, 0) is 44.9 Å². The lowest BCUT2D eigenvalue weighted by molar-refractivity contribution is -0.161. The topological polar surface area (TPSA) is 44.8 Å². The van der Waals surface area contributed by atoms with E-state index < -0.39 is 0 Å². The molecule has 1 saturated heterocycles. The maximum atomic E-state index is 10.9. The summed E-state index contributed by atoms with van der Waals surface area (Å²) in [6.07, 6.45) is 16.3. The first-order valence-electron chi connectivity index (χ1n) is 8.78. The summed E-state index contributed by atoms with van der Waals surface area (Å²) >= 11 is 0. The minimum absolute atomic E-state index is 0.0344. The van der Waals surface area contributed by atoms with E-state index in [4.69, 9.17) is 9.47 Å². The van der Waals surface area contributed by atoms with E-state index >= 15 is 0 Å². The lowest BCUT2D eigenvalue weighted by Crippen LogP contribution is -2.22. The number of esters is 1. The molecule has 0 aromatic rings. The first-order chi connectivity index (χ1) is 10.8. The molecule has 128 valence electrons. The molecule has 0 spiro atoms. The standard InChI is InChI=1S/C18H32O4/c1-20-17(19)13-9-7-5-3-2-4-6-8-11-15-21-18-14-10-12-16-22-18/h6,8,18H,2-5,7,9-16H2,1H3. The van der Waals surface area contributed by atoms with Crippen LogP contribution < -0.4 is 0 Å². The van der Waals surface area contributed by atoms with E-state index in [-0.39, 0.29) is 12.3 Å². The molecule has 0 N–H and O–H groups in total. The van der Waals surface area contributed by atoms with E-state index in [0.29, 0.717) is 6.42 Å². The number of rotatable bonds is 12. The molecule has 1 unspecified atom stereocenters. The summed E-state index contributed by atoms with van der Waals surface area (Å²) in [6, 6.07) is 0. The van der Waals surface area contributed by atoms with E-state index in [1.807, 2.05) is 0 Å². The fraction of sp³-hybridized carbons (Fsp3) is 0.833. The zero-order chi connectivity index (χ0) is 15.9. The third kappa shape index (κ3) is 10.8. The molecule has 0 aromatic carbocycles. The molecule has 1 aliphatic heterocycles. The van der Waals surface area contributed by atoms with Crippen LogP contribution in [0.4, 0.5) is 0 Å². The van der Waals surface area contributed by atoms with Crippen molar-refractivity contribution in [2.75, 3.05) is 20.3 Å². The van der Waals surface area contributed by atoms with Crippen LogP contribution in [0.1, 0.15) is 70.6 Å². The van der Waals surface area contributed by atoms with Crippen molar-refractivity contribution in [2.45, 2.75) is 76.9 Å². The van der Waals surface area contributed by atoms with Crippen molar-refractivity contribution >= 4 is 5.97 Å². The van der Waals surface area contributed by atoms with E-state index in [9.17, 15) is 4.79 Å². The SMILES string of the molecule is COC(=O)CCCCCCCC=CCCOC1CCCCO1. The second-order valence-corrected chi connectivity index (χ2v) is 5.81. The first-order valence-corrected chi connectivity index (χ1v) is 8.78. The molecule has 0 aliphatic carbocycles. The van der Waals surface area contributed by atoms with Gasteiger partial charge in [-0.15, -0.1) is 0 Å². The molecule has 0 saturated carbocycles. The molecule has 0 amide bonds. The van der Waals surface area contributed by atoms with Gasteiger partial charge >= 0.3 is 5.97 Å². The number of hydrogen-bond acceptors (Lipinski definition) is 4. The van der Waals surface area contributed by atoms with Gasteiger partial charge in [-0.1, -0.05) is 31.4 Å². The highest BCUT2D eigenvalue weighted by Crippen LogP contribution is 2.14. The van der Waals surface area contributed by atoms with Crippen LogP contribution in [0, 0.1) is 0 Å². The second kappa shape index (κ2) is 13.8. The van der Waals surface area contributed by atoms with E-state index in [1.54, 1.807) is 0 Å². The summed E-state index contributed by atoms with van der Waals surface area (Å²) in [5.41, 5.74) is 0. The van der Waals surface area contributed by atoms with Crippen molar-refractivity contribution in [1.29, 1.82) is 0 Å².